The molecule has 2 aromatic heterocycles. The van der Waals surface area contributed by atoms with E-state index in [0.29, 0.717) is 23.3 Å². The van der Waals surface area contributed by atoms with Gasteiger partial charge < -0.3 is 14.8 Å². The van der Waals surface area contributed by atoms with Gasteiger partial charge in [-0.3, -0.25) is 0 Å². The molecule has 0 atom stereocenters. The second kappa shape index (κ2) is 7.08. The van der Waals surface area contributed by atoms with E-state index in [1.807, 2.05) is 26.0 Å². The number of halogens is 1. The van der Waals surface area contributed by atoms with Crippen LogP contribution in [0.4, 0.5) is 5.82 Å². The quantitative estimate of drug-likeness (QED) is 0.885. The highest BCUT2D eigenvalue weighted by Gasteiger charge is 2.09. The molecule has 7 heteroatoms. The first-order valence-corrected chi connectivity index (χ1v) is 6.89. The van der Waals surface area contributed by atoms with Crippen molar-refractivity contribution in [3.8, 4) is 11.9 Å². The third-order valence-electron chi connectivity index (χ3n) is 2.55. The molecular weight excluding hydrogens is 292 g/mol. The van der Waals surface area contributed by atoms with E-state index in [0.717, 1.165) is 5.56 Å². The number of pyridine rings is 1. The van der Waals surface area contributed by atoms with Gasteiger partial charge in [-0.25, -0.2) is 9.97 Å². The van der Waals surface area contributed by atoms with Crippen LogP contribution in [0.15, 0.2) is 24.5 Å². The summed E-state index contributed by atoms with van der Waals surface area (Å²) in [7, 11) is 1.50. The molecular formula is C14H17ClN4O2. The van der Waals surface area contributed by atoms with E-state index in [1.54, 1.807) is 6.20 Å². The van der Waals surface area contributed by atoms with Crippen molar-refractivity contribution in [2.24, 2.45) is 0 Å². The molecule has 0 aliphatic carbocycles. The number of nitrogens with one attached hydrogen (secondary N) is 1. The highest BCUT2D eigenvalue weighted by Crippen LogP contribution is 2.22. The van der Waals surface area contributed by atoms with E-state index in [1.165, 1.54) is 13.3 Å². The Hall–Kier alpha value is -2.08. The van der Waals surface area contributed by atoms with Crippen LogP contribution in [0.1, 0.15) is 19.4 Å². The van der Waals surface area contributed by atoms with Crippen molar-refractivity contribution in [2.45, 2.75) is 26.5 Å². The van der Waals surface area contributed by atoms with Crippen molar-refractivity contribution >= 4 is 17.4 Å². The summed E-state index contributed by atoms with van der Waals surface area (Å²) in [6.45, 7) is 4.39. The standard InChI is InChI=1S/C14H17ClN4O2/c1-9(2)21-13-10(5-4-6-16-13)7-17-12-11(15)8-18-14(19-12)20-3/h4-6,8-9H,7H2,1-3H3,(H,17,18,19). The molecule has 0 bridgehead atoms. The molecule has 0 amide bonds. The Kier molecular flexibility index (Phi) is 5.16. The highest BCUT2D eigenvalue weighted by molar-refractivity contribution is 6.32. The smallest absolute Gasteiger partial charge is 0.318 e. The summed E-state index contributed by atoms with van der Waals surface area (Å²) in [6.07, 6.45) is 3.24. The summed E-state index contributed by atoms with van der Waals surface area (Å²) < 4.78 is 10.6. The van der Waals surface area contributed by atoms with Crippen LogP contribution in [0.25, 0.3) is 0 Å². The Balaban J connectivity index is 2.13. The van der Waals surface area contributed by atoms with E-state index >= 15 is 0 Å². The molecule has 112 valence electrons. The molecule has 21 heavy (non-hydrogen) atoms. The fourth-order valence-corrected chi connectivity index (χ4v) is 1.80. The van der Waals surface area contributed by atoms with Crippen molar-refractivity contribution in [3.05, 3.63) is 35.1 Å². The van der Waals surface area contributed by atoms with Gasteiger partial charge in [0.15, 0.2) is 5.82 Å². The van der Waals surface area contributed by atoms with Gasteiger partial charge in [-0.2, -0.15) is 4.98 Å². The minimum Gasteiger partial charge on any atom is -0.475 e. The summed E-state index contributed by atoms with van der Waals surface area (Å²) in [4.78, 5) is 12.3. The largest absolute Gasteiger partial charge is 0.475 e. The third-order valence-corrected chi connectivity index (χ3v) is 2.82. The first-order valence-electron chi connectivity index (χ1n) is 6.51. The normalized spacial score (nSPS) is 10.5. The predicted molar refractivity (Wildman–Crippen MR) is 80.9 cm³/mol. The molecule has 1 N–H and O–H groups in total. The summed E-state index contributed by atoms with van der Waals surface area (Å²) in [5, 5.41) is 3.56. The van der Waals surface area contributed by atoms with Gasteiger partial charge in [0.25, 0.3) is 0 Å². The average molecular weight is 309 g/mol. The zero-order valence-electron chi connectivity index (χ0n) is 12.1. The topological polar surface area (TPSA) is 69.2 Å². The molecule has 0 fully saturated rings. The van der Waals surface area contributed by atoms with E-state index in [-0.39, 0.29) is 12.1 Å². The highest BCUT2D eigenvalue weighted by atomic mass is 35.5. The molecule has 2 heterocycles. The van der Waals surface area contributed by atoms with Gasteiger partial charge in [-0.15, -0.1) is 0 Å². The molecule has 0 aromatic carbocycles. The van der Waals surface area contributed by atoms with Crippen molar-refractivity contribution in [1.29, 1.82) is 0 Å². The van der Waals surface area contributed by atoms with Gasteiger partial charge >= 0.3 is 6.01 Å². The number of anilines is 1. The fourth-order valence-electron chi connectivity index (χ4n) is 1.64. The van der Waals surface area contributed by atoms with Gasteiger partial charge in [0.1, 0.15) is 5.02 Å². The second-order valence-electron chi connectivity index (χ2n) is 4.54. The molecule has 0 aliphatic rings. The van der Waals surface area contributed by atoms with Crippen LogP contribution in [0, 0.1) is 0 Å². The number of aromatic nitrogens is 3. The number of methoxy groups -OCH3 is 1. The molecule has 0 saturated carbocycles. The molecule has 2 aromatic rings. The summed E-state index contributed by atoms with van der Waals surface area (Å²) in [6, 6.07) is 4.04. The van der Waals surface area contributed by atoms with E-state index < -0.39 is 0 Å². The fraction of sp³-hybridized carbons (Fsp3) is 0.357. The Bertz CT molecular complexity index is 607. The maximum absolute atomic E-state index is 6.05. The lowest BCUT2D eigenvalue weighted by molar-refractivity contribution is 0.230. The molecule has 0 spiro atoms. The van der Waals surface area contributed by atoms with Crippen LogP contribution in [0.3, 0.4) is 0 Å². The number of rotatable bonds is 6. The van der Waals surface area contributed by atoms with E-state index in [9.17, 15) is 0 Å². The van der Waals surface area contributed by atoms with Gasteiger partial charge in [0.2, 0.25) is 5.88 Å². The van der Waals surface area contributed by atoms with Crippen LogP contribution < -0.4 is 14.8 Å². The molecule has 0 unspecified atom stereocenters. The lowest BCUT2D eigenvalue weighted by Gasteiger charge is -2.14. The predicted octanol–water partition coefficient (Wildman–Crippen LogP) is 2.93. The zero-order valence-corrected chi connectivity index (χ0v) is 12.9. The first-order chi connectivity index (χ1) is 10.1. The van der Waals surface area contributed by atoms with E-state index in [2.05, 4.69) is 20.3 Å². The van der Waals surface area contributed by atoms with Crippen molar-refractivity contribution < 1.29 is 9.47 Å². The zero-order chi connectivity index (χ0) is 15.2. The maximum atomic E-state index is 6.05. The van der Waals surface area contributed by atoms with Gasteiger partial charge in [-0.05, 0) is 19.9 Å². The molecule has 0 aliphatic heterocycles. The Morgan fingerprint density at radius 2 is 2.14 bits per heavy atom. The minimum atomic E-state index is 0.0568. The second-order valence-corrected chi connectivity index (χ2v) is 4.95. The van der Waals surface area contributed by atoms with Crippen LogP contribution in [0.5, 0.6) is 11.9 Å². The molecule has 0 saturated heterocycles. The molecule has 0 radical (unpaired) electrons. The number of hydrogen-bond donors (Lipinski definition) is 1. The van der Waals surface area contributed by atoms with Gasteiger partial charge in [0, 0.05) is 18.3 Å². The van der Waals surface area contributed by atoms with Gasteiger partial charge in [0.05, 0.1) is 19.4 Å². The first kappa shape index (κ1) is 15.3. The van der Waals surface area contributed by atoms with Crippen LogP contribution in [0.2, 0.25) is 5.02 Å². The number of nitrogens with zero attached hydrogens (tertiary/aromatic N) is 3. The van der Waals surface area contributed by atoms with Crippen molar-refractivity contribution in [3.63, 3.8) is 0 Å². The van der Waals surface area contributed by atoms with Crippen LogP contribution in [-0.2, 0) is 6.54 Å². The van der Waals surface area contributed by atoms with Crippen LogP contribution >= 0.6 is 11.6 Å². The number of hydrogen-bond acceptors (Lipinski definition) is 6. The molecule has 6 nitrogen and oxygen atoms in total. The SMILES string of the molecule is COc1ncc(Cl)c(NCc2cccnc2OC(C)C)n1. The minimum absolute atomic E-state index is 0.0568. The van der Waals surface area contributed by atoms with Crippen molar-refractivity contribution in [1.82, 2.24) is 15.0 Å². The summed E-state index contributed by atoms with van der Waals surface area (Å²) in [5.74, 6) is 1.10. The van der Waals surface area contributed by atoms with Crippen molar-refractivity contribution in [2.75, 3.05) is 12.4 Å². The average Bonchev–Trinajstić information content (AvgIpc) is 2.47. The monoisotopic (exact) mass is 308 g/mol. The Morgan fingerprint density at radius 1 is 1.33 bits per heavy atom. The number of ether oxygens (including phenoxy) is 2. The lowest BCUT2D eigenvalue weighted by atomic mass is 10.2. The maximum Gasteiger partial charge on any atom is 0.318 e. The third kappa shape index (κ3) is 4.19. The summed E-state index contributed by atoms with van der Waals surface area (Å²) >= 11 is 6.05. The van der Waals surface area contributed by atoms with Gasteiger partial charge in [-0.1, -0.05) is 17.7 Å². The lowest BCUT2D eigenvalue weighted by Crippen LogP contribution is -2.11. The Morgan fingerprint density at radius 3 is 2.86 bits per heavy atom. The van der Waals surface area contributed by atoms with E-state index in [4.69, 9.17) is 21.1 Å². The Labute approximate surface area is 128 Å². The molecule has 2 rings (SSSR count). The summed E-state index contributed by atoms with van der Waals surface area (Å²) in [5.41, 5.74) is 0.917. The van der Waals surface area contributed by atoms with Crippen LogP contribution in [-0.4, -0.2) is 28.2 Å².